The lowest BCUT2D eigenvalue weighted by atomic mass is 9.95. The van der Waals surface area contributed by atoms with E-state index in [0.29, 0.717) is 19.0 Å². The van der Waals surface area contributed by atoms with Gasteiger partial charge in [-0.1, -0.05) is 0 Å². The molecule has 2 unspecified atom stereocenters. The first-order valence-electron chi connectivity index (χ1n) is 8.50. The number of urea groups is 1. The van der Waals surface area contributed by atoms with Gasteiger partial charge < -0.3 is 15.1 Å². The van der Waals surface area contributed by atoms with Gasteiger partial charge in [-0.25, -0.2) is 9.78 Å². The van der Waals surface area contributed by atoms with Gasteiger partial charge in [0.2, 0.25) is 5.91 Å². The Morgan fingerprint density at radius 3 is 2.80 bits per heavy atom. The normalized spacial score (nSPS) is 26.0. The summed E-state index contributed by atoms with van der Waals surface area (Å²) in [5.41, 5.74) is 0. The minimum absolute atomic E-state index is 0.0291. The van der Waals surface area contributed by atoms with Gasteiger partial charge in [-0.3, -0.25) is 19.5 Å². The number of piperidine rings is 1. The zero-order valence-electron chi connectivity index (χ0n) is 13.8. The predicted molar refractivity (Wildman–Crippen MR) is 87.6 cm³/mol. The van der Waals surface area contributed by atoms with Gasteiger partial charge in [0.25, 0.3) is 5.91 Å². The number of fused-ring (bicyclic) bond motifs is 4. The van der Waals surface area contributed by atoms with Crippen molar-refractivity contribution in [1.29, 1.82) is 0 Å². The SMILES string of the molecule is O=C1CNC(=O)N1CC(=O)N1CC2CCC1CN(c1cnccn1)C2. The molecule has 2 atom stereocenters. The Hall–Kier alpha value is -2.71. The van der Waals surface area contributed by atoms with E-state index in [-0.39, 0.29) is 30.9 Å². The van der Waals surface area contributed by atoms with E-state index in [1.165, 1.54) is 0 Å². The van der Waals surface area contributed by atoms with Gasteiger partial charge >= 0.3 is 6.03 Å². The second-order valence-corrected chi connectivity index (χ2v) is 6.75. The van der Waals surface area contributed by atoms with Crippen molar-refractivity contribution in [3.63, 3.8) is 0 Å². The quantitative estimate of drug-likeness (QED) is 0.739. The van der Waals surface area contributed by atoms with Crippen LogP contribution >= 0.6 is 0 Å². The summed E-state index contributed by atoms with van der Waals surface area (Å²) >= 11 is 0. The third-order valence-corrected chi connectivity index (χ3v) is 5.14. The Balaban J connectivity index is 1.48. The molecule has 4 fully saturated rings. The van der Waals surface area contributed by atoms with Gasteiger partial charge in [-0.05, 0) is 18.8 Å². The van der Waals surface area contributed by atoms with E-state index in [9.17, 15) is 14.4 Å². The number of nitrogens with zero attached hydrogens (tertiary/aromatic N) is 5. The van der Waals surface area contributed by atoms with E-state index in [1.807, 2.05) is 4.90 Å². The highest BCUT2D eigenvalue weighted by atomic mass is 16.2. The van der Waals surface area contributed by atoms with Crippen LogP contribution in [0.3, 0.4) is 0 Å². The van der Waals surface area contributed by atoms with Crippen LogP contribution in [-0.4, -0.2) is 76.4 Å². The van der Waals surface area contributed by atoms with Crippen LogP contribution in [0, 0.1) is 5.92 Å². The van der Waals surface area contributed by atoms with E-state index in [0.717, 1.165) is 30.1 Å². The van der Waals surface area contributed by atoms with Gasteiger partial charge in [0.05, 0.1) is 12.7 Å². The van der Waals surface area contributed by atoms with Crippen LogP contribution in [-0.2, 0) is 9.59 Å². The molecule has 4 aliphatic rings. The Bertz CT molecular complexity index is 680. The first kappa shape index (κ1) is 15.8. The molecule has 0 radical (unpaired) electrons. The van der Waals surface area contributed by atoms with E-state index in [4.69, 9.17) is 0 Å². The molecule has 0 aromatic carbocycles. The van der Waals surface area contributed by atoms with E-state index in [1.54, 1.807) is 18.6 Å². The van der Waals surface area contributed by atoms with Crippen LogP contribution in [0.4, 0.5) is 10.6 Å². The first-order chi connectivity index (χ1) is 12.1. The molecular formula is C16H20N6O3. The van der Waals surface area contributed by atoms with Crippen molar-refractivity contribution in [3.8, 4) is 0 Å². The van der Waals surface area contributed by atoms with E-state index in [2.05, 4.69) is 20.2 Å². The molecule has 0 saturated carbocycles. The van der Waals surface area contributed by atoms with Crippen molar-refractivity contribution >= 4 is 23.7 Å². The number of carbonyl (C=O) groups is 3. The molecule has 1 N–H and O–H groups in total. The number of carbonyl (C=O) groups excluding carboxylic acids is 3. The monoisotopic (exact) mass is 344 g/mol. The number of imide groups is 1. The lowest BCUT2D eigenvalue weighted by Gasteiger charge is -2.36. The fraction of sp³-hybridized carbons (Fsp3) is 0.562. The van der Waals surface area contributed by atoms with Crippen LogP contribution < -0.4 is 10.2 Å². The second-order valence-electron chi connectivity index (χ2n) is 6.75. The summed E-state index contributed by atoms with van der Waals surface area (Å²) in [4.78, 5) is 49.6. The maximum atomic E-state index is 12.7. The molecule has 4 saturated heterocycles. The molecule has 9 nitrogen and oxygen atoms in total. The molecule has 132 valence electrons. The molecular weight excluding hydrogens is 324 g/mol. The van der Waals surface area contributed by atoms with Gasteiger partial charge in [-0.15, -0.1) is 0 Å². The highest BCUT2D eigenvalue weighted by molar-refractivity contribution is 6.04. The fourth-order valence-corrected chi connectivity index (χ4v) is 3.87. The average Bonchev–Trinajstić information content (AvgIpc) is 2.84. The number of aromatic nitrogens is 2. The second kappa shape index (κ2) is 6.30. The average molecular weight is 344 g/mol. The van der Waals surface area contributed by atoms with Crippen molar-refractivity contribution in [2.45, 2.75) is 18.9 Å². The lowest BCUT2D eigenvalue weighted by Crippen LogP contribution is -2.51. The minimum atomic E-state index is -0.487. The summed E-state index contributed by atoms with van der Waals surface area (Å²) in [6, 6.07) is -0.423. The summed E-state index contributed by atoms with van der Waals surface area (Å²) in [7, 11) is 0. The van der Waals surface area contributed by atoms with E-state index < -0.39 is 6.03 Å². The summed E-state index contributed by atoms with van der Waals surface area (Å²) in [5, 5.41) is 2.45. The Kier molecular flexibility index (Phi) is 3.98. The highest BCUT2D eigenvalue weighted by Gasteiger charge is 2.39. The molecule has 0 aliphatic carbocycles. The van der Waals surface area contributed by atoms with Gasteiger partial charge in [0.15, 0.2) is 0 Å². The van der Waals surface area contributed by atoms with Crippen LogP contribution in [0.25, 0.3) is 0 Å². The predicted octanol–water partition coefficient (Wildman–Crippen LogP) is -0.544. The summed E-state index contributed by atoms with van der Waals surface area (Å²) in [5.74, 6) is 0.663. The third kappa shape index (κ3) is 3.01. The van der Waals surface area contributed by atoms with Crippen molar-refractivity contribution in [2.75, 3.05) is 37.6 Å². The molecule has 1 aromatic rings. The van der Waals surface area contributed by atoms with Crippen LogP contribution in [0.2, 0.25) is 0 Å². The van der Waals surface area contributed by atoms with Crippen LogP contribution in [0.15, 0.2) is 18.6 Å². The maximum Gasteiger partial charge on any atom is 0.325 e. The van der Waals surface area contributed by atoms with Crippen molar-refractivity contribution in [3.05, 3.63) is 18.6 Å². The third-order valence-electron chi connectivity index (χ3n) is 5.14. The minimum Gasteiger partial charge on any atom is -0.353 e. The van der Waals surface area contributed by atoms with Crippen LogP contribution in [0.1, 0.15) is 12.8 Å². The highest BCUT2D eigenvalue weighted by Crippen LogP contribution is 2.30. The van der Waals surface area contributed by atoms with Gasteiger partial charge in [0.1, 0.15) is 12.4 Å². The number of nitrogens with one attached hydrogen (secondary N) is 1. The molecule has 4 aliphatic heterocycles. The number of hydrogen-bond donors (Lipinski definition) is 1. The van der Waals surface area contributed by atoms with Crippen molar-refractivity contribution in [2.24, 2.45) is 5.92 Å². The summed E-state index contributed by atoms with van der Waals surface area (Å²) < 4.78 is 0. The molecule has 2 bridgehead atoms. The largest absolute Gasteiger partial charge is 0.353 e. The van der Waals surface area contributed by atoms with Gasteiger partial charge in [-0.2, -0.15) is 0 Å². The topological polar surface area (TPSA) is 98.7 Å². The number of hydrogen-bond acceptors (Lipinski definition) is 6. The molecule has 5 heterocycles. The van der Waals surface area contributed by atoms with Gasteiger partial charge in [0, 0.05) is 38.1 Å². The molecule has 5 rings (SSSR count). The Morgan fingerprint density at radius 2 is 2.08 bits per heavy atom. The van der Waals surface area contributed by atoms with Crippen molar-refractivity contribution < 1.29 is 14.4 Å². The number of anilines is 1. The van der Waals surface area contributed by atoms with Crippen molar-refractivity contribution in [1.82, 2.24) is 25.1 Å². The lowest BCUT2D eigenvalue weighted by molar-refractivity contribution is -0.139. The summed E-state index contributed by atoms with van der Waals surface area (Å²) in [6.45, 7) is 1.98. The summed E-state index contributed by atoms with van der Waals surface area (Å²) in [6.07, 6.45) is 7.04. The zero-order chi connectivity index (χ0) is 17.4. The number of rotatable bonds is 3. The molecule has 9 heteroatoms. The Morgan fingerprint density at radius 1 is 1.20 bits per heavy atom. The fourth-order valence-electron chi connectivity index (χ4n) is 3.87. The first-order valence-corrected chi connectivity index (χ1v) is 8.50. The number of amides is 4. The Labute approximate surface area is 145 Å². The molecule has 1 aromatic heterocycles. The standard InChI is InChI=1S/C16H20N6O3/c23-14-6-19-16(25)22(14)10-15(24)21-8-11-1-2-12(21)9-20(7-11)13-5-17-3-4-18-13/h3-5,11-12H,1-2,6-10H2,(H,19,25). The van der Waals surface area contributed by atoms with Crippen LogP contribution in [0.5, 0.6) is 0 Å². The molecule has 4 amide bonds. The smallest absolute Gasteiger partial charge is 0.325 e. The molecule has 25 heavy (non-hydrogen) atoms. The van der Waals surface area contributed by atoms with E-state index >= 15 is 0 Å². The maximum absolute atomic E-state index is 12.7. The zero-order valence-corrected chi connectivity index (χ0v) is 13.8. The molecule has 0 spiro atoms.